The summed E-state index contributed by atoms with van der Waals surface area (Å²) in [7, 11) is 1.92. The third kappa shape index (κ3) is 4.40. The van der Waals surface area contributed by atoms with E-state index in [4.69, 9.17) is 5.73 Å². The Morgan fingerprint density at radius 1 is 1.47 bits per heavy atom. The van der Waals surface area contributed by atoms with Gasteiger partial charge >= 0.3 is 0 Å². The average molecular weight is 236 g/mol. The number of aromatic nitrogens is 1. The predicted molar refractivity (Wildman–Crippen MR) is 69.1 cm³/mol. The molecular formula is C12H20N4O. The minimum absolute atomic E-state index is 0.429. The molecule has 0 saturated heterocycles. The maximum Gasteiger partial charge on any atom is 0.248 e. The number of amides is 1. The fourth-order valence-electron chi connectivity index (χ4n) is 1.60. The zero-order chi connectivity index (χ0) is 12.8. The highest BCUT2D eigenvalue weighted by Gasteiger charge is 2.06. The lowest BCUT2D eigenvalue weighted by atomic mass is 10.1. The van der Waals surface area contributed by atoms with Crippen LogP contribution >= 0.6 is 0 Å². The highest BCUT2D eigenvalue weighted by Crippen LogP contribution is 2.10. The van der Waals surface area contributed by atoms with Crippen LogP contribution in [-0.4, -0.2) is 31.0 Å². The van der Waals surface area contributed by atoms with Gasteiger partial charge in [-0.15, -0.1) is 0 Å². The molecule has 0 saturated carbocycles. The molecule has 1 rings (SSSR count). The smallest absolute Gasteiger partial charge is 0.248 e. The van der Waals surface area contributed by atoms with E-state index in [2.05, 4.69) is 22.5 Å². The second-order valence-electron chi connectivity index (χ2n) is 4.29. The van der Waals surface area contributed by atoms with Crippen molar-refractivity contribution in [2.24, 2.45) is 11.7 Å². The number of carbonyl (C=O) groups is 1. The second kappa shape index (κ2) is 6.20. The van der Waals surface area contributed by atoms with Crippen molar-refractivity contribution in [3.8, 4) is 0 Å². The molecule has 1 unspecified atom stereocenters. The SMILES string of the molecule is CNCC(C)CNc1cc(C(N)=O)cc(C)n1. The summed E-state index contributed by atoms with van der Waals surface area (Å²) in [5.74, 6) is 0.753. The number of aryl methyl sites for hydroxylation is 1. The van der Waals surface area contributed by atoms with Crippen LogP contribution in [0.1, 0.15) is 23.0 Å². The zero-order valence-electron chi connectivity index (χ0n) is 10.6. The molecule has 0 aliphatic carbocycles. The van der Waals surface area contributed by atoms with Crippen LogP contribution < -0.4 is 16.4 Å². The van der Waals surface area contributed by atoms with Gasteiger partial charge in [-0.3, -0.25) is 4.79 Å². The third-order valence-electron chi connectivity index (χ3n) is 2.42. The Morgan fingerprint density at radius 3 is 2.76 bits per heavy atom. The minimum atomic E-state index is -0.429. The van der Waals surface area contributed by atoms with Crippen LogP contribution in [0.3, 0.4) is 0 Å². The molecule has 0 aliphatic rings. The minimum Gasteiger partial charge on any atom is -0.370 e. The van der Waals surface area contributed by atoms with Crippen molar-refractivity contribution in [1.29, 1.82) is 0 Å². The van der Waals surface area contributed by atoms with Crippen molar-refractivity contribution in [2.75, 3.05) is 25.5 Å². The van der Waals surface area contributed by atoms with E-state index in [1.807, 2.05) is 14.0 Å². The number of hydrogen-bond donors (Lipinski definition) is 3. The molecule has 94 valence electrons. The Kier molecular flexibility index (Phi) is 4.90. The Bertz CT molecular complexity index is 392. The number of nitrogens with zero attached hydrogens (tertiary/aromatic N) is 1. The summed E-state index contributed by atoms with van der Waals surface area (Å²) >= 11 is 0. The van der Waals surface area contributed by atoms with Crippen LogP contribution in [0.25, 0.3) is 0 Å². The third-order valence-corrected chi connectivity index (χ3v) is 2.42. The monoisotopic (exact) mass is 236 g/mol. The molecule has 1 aromatic heterocycles. The summed E-state index contributed by atoms with van der Waals surface area (Å²) in [6.45, 7) is 5.71. The first kappa shape index (κ1) is 13.4. The summed E-state index contributed by atoms with van der Waals surface area (Å²) in [5, 5.41) is 6.32. The van der Waals surface area contributed by atoms with Crippen LogP contribution in [-0.2, 0) is 0 Å². The molecule has 0 aromatic carbocycles. The second-order valence-corrected chi connectivity index (χ2v) is 4.29. The van der Waals surface area contributed by atoms with Gasteiger partial charge in [-0.05, 0) is 38.6 Å². The fraction of sp³-hybridized carbons (Fsp3) is 0.500. The molecule has 0 fully saturated rings. The fourth-order valence-corrected chi connectivity index (χ4v) is 1.60. The summed E-state index contributed by atoms with van der Waals surface area (Å²) in [6, 6.07) is 3.37. The van der Waals surface area contributed by atoms with Crippen LogP contribution in [0.2, 0.25) is 0 Å². The Morgan fingerprint density at radius 2 is 2.18 bits per heavy atom. The van der Waals surface area contributed by atoms with Gasteiger partial charge in [0.15, 0.2) is 0 Å². The molecule has 1 heterocycles. The van der Waals surface area contributed by atoms with E-state index in [-0.39, 0.29) is 0 Å². The first-order valence-corrected chi connectivity index (χ1v) is 5.70. The first-order chi connectivity index (χ1) is 8.02. The number of rotatable bonds is 6. The van der Waals surface area contributed by atoms with Gasteiger partial charge in [-0.1, -0.05) is 6.92 Å². The number of primary amides is 1. The van der Waals surface area contributed by atoms with Crippen LogP contribution in [0.15, 0.2) is 12.1 Å². The van der Waals surface area contributed by atoms with Gasteiger partial charge in [0.25, 0.3) is 0 Å². The van der Waals surface area contributed by atoms with E-state index >= 15 is 0 Å². The van der Waals surface area contributed by atoms with Crippen molar-refractivity contribution >= 4 is 11.7 Å². The van der Waals surface area contributed by atoms with Crippen molar-refractivity contribution < 1.29 is 4.79 Å². The molecule has 1 aromatic rings. The quantitative estimate of drug-likeness (QED) is 0.681. The van der Waals surface area contributed by atoms with Crippen molar-refractivity contribution in [2.45, 2.75) is 13.8 Å². The lowest BCUT2D eigenvalue weighted by Crippen LogP contribution is -2.23. The topological polar surface area (TPSA) is 80.0 Å². The summed E-state index contributed by atoms with van der Waals surface area (Å²) in [5.41, 5.74) is 6.52. The molecule has 1 atom stereocenters. The van der Waals surface area contributed by atoms with Gasteiger partial charge in [0, 0.05) is 17.8 Å². The van der Waals surface area contributed by atoms with Crippen molar-refractivity contribution in [1.82, 2.24) is 10.3 Å². The molecule has 1 amide bonds. The van der Waals surface area contributed by atoms with Crippen molar-refractivity contribution in [3.05, 3.63) is 23.4 Å². The van der Waals surface area contributed by atoms with Gasteiger partial charge in [0.2, 0.25) is 5.91 Å². The number of nitrogens with one attached hydrogen (secondary N) is 2. The summed E-state index contributed by atoms with van der Waals surface area (Å²) in [4.78, 5) is 15.4. The number of nitrogens with two attached hydrogens (primary N) is 1. The molecule has 0 aliphatic heterocycles. The Hall–Kier alpha value is -1.62. The van der Waals surface area contributed by atoms with E-state index in [1.165, 1.54) is 0 Å². The predicted octanol–water partition coefficient (Wildman–Crippen LogP) is 0.756. The molecule has 17 heavy (non-hydrogen) atoms. The molecule has 0 radical (unpaired) electrons. The molecule has 0 spiro atoms. The molecule has 4 N–H and O–H groups in total. The lowest BCUT2D eigenvalue weighted by molar-refractivity contribution is 0.1000. The van der Waals surface area contributed by atoms with Gasteiger partial charge in [-0.2, -0.15) is 0 Å². The highest BCUT2D eigenvalue weighted by atomic mass is 16.1. The van der Waals surface area contributed by atoms with Gasteiger partial charge < -0.3 is 16.4 Å². The molecule has 5 nitrogen and oxygen atoms in total. The average Bonchev–Trinajstić information content (AvgIpc) is 2.26. The normalized spacial score (nSPS) is 12.2. The molecule has 0 bridgehead atoms. The first-order valence-electron chi connectivity index (χ1n) is 5.70. The lowest BCUT2D eigenvalue weighted by Gasteiger charge is -2.13. The number of pyridine rings is 1. The van der Waals surface area contributed by atoms with E-state index in [1.54, 1.807) is 12.1 Å². The van der Waals surface area contributed by atoms with Gasteiger partial charge in [0.05, 0.1) is 0 Å². The molecular weight excluding hydrogens is 216 g/mol. The van der Waals surface area contributed by atoms with E-state index in [0.717, 1.165) is 18.8 Å². The maximum absolute atomic E-state index is 11.1. The van der Waals surface area contributed by atoms with Gasteiger partial charge in [0.1, 0.15) is 5.82 Å². The Balaban J connectivity index is 2.68. The molecule has 5 heteroatoms. The van der Waals surface area contributed by atoms with E-state index in [0.29, 0.717) is 17.3 Å². The Labute approximate surface area is 102 Å². The van der Waals surface area contributed by atoms with Crippen LogP contribution in [0.4, 0.5) is 5.82 Å². The summed E-state index contributed by atoms with van der Waals surface area (Å²) < 4.78 is 0. The highest BCUT2D eigenvalue weighted by molar-refractivity contribution is 5.93. The van der Waals surface area contributed by atoms with E-state index < -0.39 is 5.91 Å². The standard InChI is InChI=1S/C12H20N4O/c1-8(6-14-3)7-15-11-5-10(12(13)17)4-9(2)16-11/h4-5,8,14H,6-7H2,1-3H3,(H2,13,17)(H,15,16). The van der Waals surface area contributed by atoms with Crippen LogP contribution in [0.5, 0.6) is 0 Å². The number of anilines is 1. The van der Waals surface area contributed by atoms with E-state index in [9.17, 15) is 4.79 Å². The van der Waals surface area contributed by atoms with Crippen molar-refractivity contribution in [3.63, 3.8) is 0 Å². The zero-order valence-corrected chi connectivity index (χ0v) is 10.6. The van der Waals surface area contributed by atoms with Crippen LogP contribution in [0, 0.1) is 12.8 Å². The summed E-state index contributed by atoms with van der Waals surface area (Å²) in [6.07, 6.45) is 0. The maximum atomic E-state index is 11.1. The number of carbonyl (C=O) groups excluding carboxylic acids is 1. The van der Waals surface area contributed by atoms with Gasteiger partial charge in [-0.25, -0.2) is 4.98 Å². The largest absolute Gasteiger partial charge is 0.370 e. The number of hydrogen-bond acceptors (Lipinski definition) is 4.